The van der Waals surface area contributed by atoms with Gasteiger partial charge in [-0.05, 0) is 12.8 Å². The molecule has 0 saturated carbocycles. The van der Waals surface area contributed by atoms with E-state index in [1.807, 2.05) is 6.08 Å². The predicted octanol–water partition coefficient (Wildman–Crippen LogP) is 3.75. The number of hydrogen-bond donors (Lipinski definition) is 1. The molecule has 0 heterocycles. The second-order valence-corrected chi connectivity index (χ2v) is 10.4. The van der Waals surface area contributed by atoms with Gasteiger partial charge < -0.3 is 5.11 Å². The van der Waals surface area contributed by atoms with Crippen molar-refractivity contribution in [3.8, 4) is 0 Å². The van der Waals surface area contributed by atoms with Crippen molar-refractivity contribution in [2.45, 2.75) is 64.4 Å². The largest absolute Gasteiger partial charge is 0.393 e. The SMILES string of the molecule is CCCCCC/C=C/[C@H](O)[Si](C)(C)C. The quantitative estimate of drug-likeness (QED) is 0.389. The molecule has 0 amide bonds. The first-order valence-electron chi connectivity index (χ1n) is 5.83. The molecule has 84 valence electrons. The molecule has 0 bridgehead atoms. The highest BCUT2D eigenvalue weighted by Crippen LogP contribution is 2.10. The molecule has 0 fully saturated rings. The van der Waals surface area contributed by atoms with Crippen LogP contribution in [0.15, 0.2) is 12.2 Å². The fourth-order valence-corrected chi connectivity index (χ4v) is 1.92. The van der Waals surface area contributed by atoms with Gasteiger partial charge in [0.15, 0.2) is 0 Å². The average molecular weight is 214 g/mol. The van der Waals surface area contributed by atoms with E-state index in [1.165, 1.54) is 25.7 Å². The molecule has 0 spiro atoms. The van der Waals surface area contributed by atoms with Gasteiger partial charge in [0.1, 0.15) is 0 Å². The van der Waals surface area contributed by atoms with Crippen LogP contribution in [0.3, 0.4) is 0 Å². The Bertz CT molecular complexity index is 158. The van der Waals surface area contributed by atoms with E-state index in [0.717, 1.165) is 6.42 Å². The normalized spacial score (nSPS) is 14.9. The lowest BCUT2D eigenvalue weighted by Crippen LogP contribution is -2.36. The van der Waals surface area contributed by atoms with Crippen LogP contribution >= 0.6 is 0 Å². The Kier molecular flexibility index (Phi) is 7.20. The maximum atomic E-state index is 9.76. The van der Waals surface area contributed by atoms with Crippen LogP contribution in [0.5, 0.6) is 0 Å². The summed E-state index contributed by atoms with van der Waals surface area (Å²) >= 11 is 0. The minimum absolute atomic E-state index is 0.173. The fourth-order valence-electron chi connectivity index (χ4n) is 1.20. The Labute approximate surface area is 90.2 Å². The number of aliphatic hydroxyl groups excluding tert-OH is 1. The van der Waals surface area contributed by atoms with Gasteiger partial charge in [-0.1, -0.05) is 58.0 Å². The Morgan fingerprint density at radius 3 is 2.29 bits per heavy atom. The van der Waals surface area contributed by atoms with Crippen molar-refractivity contribution in [1.82, 2.24) is 0 Å². The molecule has 2 heteroatoms. The summed E-state index contributed by atoms with van der Waals surface area (Å²) in [5.74, 6) is 0. The lowest BCUT2D eigenvalue weighted by Gasteiger charge is -2.20. The first kappa shape index (κ1) is 13.9. The van der Waals surface area contributed by atoms with Crippen LogP contribution in [0.25, 0.3) is 0 Å². The fraction of sp³-hybridized carbons (Fsp3) is 0.833. The number of rotatable bonds is 7. The molecule has 14 heavy (non-hydrogen) atoms. The van der Waals surface area contributed by atoms with Gasteiger partial charge in [-0.2, -0.15) is 0 Å². The smallest absolute Gasteiger partial charge is 0.0830 e. The molecular weight excluding hydrogens is 188 g/mol. The van der Waals surface area contributed by atoms with Gasteiger partial charge in [-0.3, -0.25) is 0 Å². The molecule has 0 radical (unpaired) electrons. The van der Waals surface area contributed by atoms with E-state index >= 15 is 0 Å². The van der Waals surface area contributed by atoms with Crippen LogP contribution < -0.4 is 0 Å². The molecule has 0 unspecified atom stereocenters. The summed E-state index contributed by atoms with van der Waals surface area (Å²) < 4.78 is 0. The minimum Gasteiger partial charge on any atom is -0.393 e. The number of unbranched alkanes of at least 4 members (excludes halogenated alkanes) is 4. The average Bonchev–Trinajstić information content (AvgIpc) is 2.09. The van der Waals surface area contributed by atoms with E-state index in [0.29, 0.717) is 0 Å². The van der Waals surface area contributed by atoms with Crippen LogP contribution in [0.1, 0.15) is 39.0 Å². The van der Waals surface area contributed by atoms with Crippen molar-refractivity contribution in [1.29, 1.82) is 0 Å². The third-order valence-corrected chi connectivity index (χ3v) is 4.40. The zero-order valence-corrected chi connectivity index (χ0v) is 11.2. The van der Waals surface area contributed by atoms with Gasteiger partial charge in [0.2, 0.25) is 0 Å². The molecule has 0 aromatic carbocycles. The predicted molar refractivity (Wildman–Crippen MR) is 67.3 cm³/mol. The van der Waals surface area contributed by atoms with Gasteiger partial charge in [0.05, 0.1) is 13.8 Å². The standard InChI is InChI=1S/C12H26OSi/c1-5-6-7-8-9-10-11-12(13)14(2,3)4/h10-13H,5-9H2,1-4H3/b11-10+/t12-/m1/s1. The summed E-state index contributed by atoms with van der Waals surface area (Å²) in [6.07, 6.45) is 10.5. The summed E-state index contributed by atoms with van der Waals surface area (Å²) in [6, 6.07) is 0. The molecular formula is C12H26OSi. The van der Waals surface area contributed by atoms with Gasteiger partial charge >= 0.3 is 0 Å². The Morgan fingerprint density at radius 1 is 1.14 bits per heavy atom. The van der Waals surface area contributed by atoms with Crippen molar-refractivity contribution < 1.29 is 5.11 Å². The highest BCUT2D eigenvalue weighted by Gasteiger charge is 2.21. The number of aliphatic hydroxyl groups is 1. The second-order valence-electron chi connectivity index (χ2n) is 5.09. The van der Waals surface area contributed by atoms with E-state index in [-0.39, 0.29) is 5.73 Å². The van der Waals surface area contributed by atoms with Crippen molar-refractivity contribution in [3.63, 3.8) is 0 Å². The van der Waals surface area contributed by atoms with E-state index in [4.69, 9.17) is 0 Å². The van der Waals surface area contributed by atoms with E-state index in [1.54, 1.807) is 0 Å². The molecule has 0 aliphatic heterocycles. The monoisotopic (exact) mass is 214 g/mol. The van der Waals surface area contributed by atoms with Crippen molar-refractivity contribution in [2.75, 3.05) is 0 Å². The molecule has 1 atom stereocenters. The van der Waals surface area contributed by atoms with E-state index in [2.05, 4.69) is 32.6 Å². The second kappa shape index (κ2) is 7.24. The highest BCUT2D eigenvalue weighted by molar-refractivity contribution is 6.77. The van der Waals surface area contributed by atoms with Gasteiger partial charge in [0, 0.05) is 0 Å². The molecule has 0 aromatic heterocycles. The molecule has 0 aliphatic rings. The molecule has 0 aliphatic carbocycles. The zero-order chi connectivity index (χ0) is 11.0. The molecule has 0 rings (SSSR count). The molecule has 0 aromatic rings. The number of allylic oxidation sites excluding steroid dienone is 1. The van der Waals surface area contributed by atoms with E-state index in [9.17, 15) is 5.11 Å². The lowest BCUT2D eigenvalue weighted by atomic mass is 10.1. The topological polar surface area (TPSA) is 20.2 Å². The zero-order valence-electron chi connectivity index (χ0n) is 10.2. The van der Waals surface area contributed by atoms with Crippen molar-refractivity contribution in [3.05, 3.63) is 12.2 Å². The minimum atomic E-state index is -1.37. The van der Waals surface area contributed by atoms with Crippen molar-refractivity contribution in [2.24, 2.45) is 0 Å². The van der Waals surface area contributed by atoms with Gasteiger partial charge in [0.25, 0.3) is 0 Å². The summed E-state index contributed by atoms with van der Waals surface area (Å²) in [7, 11) is -1.37. The lowest BCUT2D eigenvalue weighted by molar-refractivity contribution is 0.290. The summed E-state index contributed by atoms with van der Waals surface area (Å²) in [5.41, 5.74) is -0.173. The Hall–Kier alpha value is -0.0831. The number of hydrogen-bond acceptors (Lipinski definition) is 1. The molecule has 1 nitrogen and oxygen atoms in total. The van der Waals surface area contributed by atoms with Crippen LogP contribution in [0, 0.1) is 0 Å². The molecule has 0 saturated heterocycles. The van der Waals surface area contributed by atoms with E-state index < -0.39 is 8.07 Å². The third kappa shape index (κ3) is 7.33. The maximum Gasteiger partial charge on any atom is 0.0830 e. The first-order valence-corrected chi connectivity index (χ1v) is 9.41. The summed E-state index contributed by atoms with van der Waals surface area (Å²) in [6.45, 7) is 8.81. The van der Waals surface area contributed by atoms with Gasteiger partial charge in [-0.25, -0.2) is 0 Å². The third-order valence-electron chi connectivity index (χ3n) is 2.43. The maximum absolute atomic E-state index is 9.76. The highest BCUT2D eigenvalue weighted by atomic mass is 28.3. The van der Waals surface area contributed by atoms with Gasteiger partial charge in [-0.15, -0.1) is 0 Å². The van der Waals surface area contributed by atoms with Crippen LogP contribution in [0.2, 0.25) is 19.6 Å². The Balaban J connectivity index is 3.53. The summed E-state index contributed by atoms with van der Waals surface area (Å²) in [5, 5.41) is 9.76. The van der Waals surface area contributed by atoms with Crippen LogP contribution in [-0.4, -0.2) is 18.9 Å². The van der Waals surface area contributed by atoms with Crippen molar-refractivity contribution >= 4 is 8.07 Å². The van der Waals surface area contributed by atoms with Crippen LogP contribution in [-0.2, 0) is 0 Å². The Morgan fingerprint density at radius 2 is 1.79 bits per heavy atom. The summed E-state index contributed by atoms with van der Waals surface area (Å²) in [4.78, 5) is 0. The first-order chi connectivity index (χ1) is 6.48. The van der Waals surface area contributed by atoms with Crippen LogP contribution in [0.4, 0.5) is 0 Å². The molecule has 1 N–H and O–H groups in total.